The van der Waals surface area contributed by atoms with Crippen molar-refractivity contribution in [1.82, 2.24) is 5.32 Å². The van der Waals surface area contributed by atoms with E-state index in [2.05, 4.69) is 26.1 Å². The molecule has 1 fully saturated rings. The highest BCUT2D eigenvalue weighted by Crippen LogP contribution is 2.27. The van der Waals surface area contributed by atoms with Crippen molar-refractivity contribution in [3.63, 3.8) is 0 Å². The Labute approximate surface area is 109 Å². The van der Waals surface area contributed by atoms with Crippen LogP contribution in [0.3, 0.4) is 0 Å². The monoisotopic (exact) mass is 239 g/mol. The van der Waals surface area contributed by atoms with Crippen molar-refractivity contribution < 1.29 is 0 Å². The minimum absolute atomic E-state index is 0.843. The summed E-state index contributed by atoms with van der Waals surface area (Å²) < 4.78 is 0. The first-order valence-electron chi connectivity index (χ1n) is 7.97. The Morgan fingerprint density at radius 3 is 2.53 bits per heavy atom. The zero-order chi connectivity index (χ0) is 12.5. The second kappa shape index (κ2) is 8.97. The lowest BCUT2D eigenvalue weighted by Gasteiger charge is -2.19. The minimum Gasteiger partial charge on any atom is -0.314 e. The van der Waals surface area contributed by atoms with Gasteiger partial charge in [0.15, 0.2) is 0 Å². The van der Waals surface area contributed by atoms with E-state index in [0.29, 0.717) is 0 Å². The largest absolute Gasteiger partial charge is 0.314 e. The molecule has 1 saturated carbocycles. The number of nitrogens with one attached hydrogen (secondary N) is 1. The second-order valence-electron chi connectivity index (χ2n) is 6.26. The van der Waals surface area contributed by atoms with Gasteiger partial charge in [0, 0.05) is 6.04 Å². The van der Waals surface area contributed by atoms with E-state index in [-0.39, 0.29) is 0 Å². The van der Waals surface area contributed by atoms with Crippen LogP contribution >= 0.6 is 0 Å². The summed E-state index contributed by atoms with van der Waals surface area (Å²) in [5.41, 5.74) is 0. The lowest BCUT2D eigenvalue weighted by Crippen LogP contribution is -2.32. The first-order chi connectivity index (χ1) is 8.24. The van der Waals surface area contributed by atoms with Gasteiger partial charge in [-0.15, -0.1) is 0 Å². The Kier molecular flexibility index (Phi) is 7.92. The van der Waals surface area contributed by atoms with Crippen LogP contribution in [0.5, 0.6) is 0 Å². The highest BCUT2D eigenvalue weighted by atomic mass is 14.9. The summed E-state index contributed by atoms with van der Waals surface area (Å²) in [7, 11) is 0. The number of unbranched alkanes of at least 4 members (excludes halogenated alkanes) is 3. The van der Waals surface area contributed by atoms with Crippen LogP contribution in [-0.4, -0.2) is 12.6 Å². The zero-order valence-electron chi connectivity index (χ0n) is 12.3. The van der Waals surface area contributed by atoms with Crippen LogP contribution in [0.15, 0.2) is 0 Å². The molecule has 0 radical (unpaired) electrons. The molecule has 17 heavy (non-hydrogen) atoms. The molecule has 0 aromatic carbocycles. The van der Waals surface area contributed by atoms with Crippen molar-refractivity contribution in [2.75, 3.05) is 6.54 Å². The number of hydrogen-bond donors (Lipinski definition) is 1. The van der Waals surface area contributed by atoms with Crippen molar-refractivity contribution in [2.24, 2.45) is 11.8 Å². The van der Waals surface area contributed by atoms with Gasteiger partial charge in [0.25, 0.3) is 0 Å². The molecule has 1 nitrogen and oxygen atoms in total. The van der Waals surface area contributed by atoms with E-state index >= 15 is 0 Å². The molecule has 0 aliphatic heterocycles. The average molecular weight is 239 g/mol. The van der Waals surface area contributed by atoms with E-state index < -0.39 is 0 Å². The molecule has 0 saturated heterocycles. The van der Waals surface area contributed by atoms with E-state index in [4.69, 9.17) is 0 Å². The summed E-state index contributed by atoms with van der Waals surface area (Å²) in [6.45, 7) is 8.25. The van der Waals surface area contributed by atoms with Crippen LogP contribution in [0.1, 0.15) is 78.6 Å². The van der Waals surface area contributed by atoms with Gasteiger partial charge in [-0.2, -0.15) is 0 Å². The Bertz CT molecular complexity index is 176. The van der Waals surface area contributed by atoms with E-state index in [1.54, 1.807) is 0 Å². The molecule has 0 heterocycles. The smallest absolute Gasteiger partial charge is 0.00952 e. The standard InChI is InChI=1S/C16H33N/c1-4-15-11-9-12-16(15)17-13-8-6-5-7-10-14(2)3/h14-17H,4-13H2,1-3H3. The maximum Gasteiger partial charge on any atom is 0.00952 e. The van der Waals surface area contributed by atoms with Crippen LogP contribution in [-0.2, 0) is 0 Å². The molecule has 1 aliphatic carbocycles. The molecule has 0 bridgehead atoms. The van der Waals surface area contributed by atoms with Crippen molar-refractivity contribution in [3.05, 3.63) is 0 Å². The van der Waals surface area contributed by atoms with Crippen molar-refractivity contribution in [1.29, 1.82) is 0 Å². The van der Waals surface area contributed by atoms with Crippen molar-refractivity contribution >= 4 is 0 Å². The average Bonchev–Trinajstić information content (AvgIpc) is 2.74. The summed E-state index contributed by atoms with van der Waals surface area (Å²) in [5.74, 6) is 1.85. The van der Waals surface area contributed by atoms with Crippen LogP contribution in [0.4, 0.5) is 0 Å². The van der Waals surface area contributed by atoms with Gasteiger partial charge in [-0.1, -0.05) is 59.3 Å². The van der Waals surface area contributed by atoms with Gasteiger partial charge in [0.2, 0.25) is 0 Å². The Morgan fingerprint density at radius 1 is 1.06 bits per heavy atom. The van der Waals surface area contributed by atoms with Crippen LogP contribution in [0.25, 0.3) is 0 Å². The van der Waals surface area contributed by atoms with Gasteiger partial charge in [0.1, 0.15) is 0 Å². The van der Waals surface area contributed by atoms with E-state index in [0.717, 1.165) is 17.9 Å². The van der Waals surface area contributed by atoms with Gasteiger partial charge < -0.3 is 5.32 Å². The van der Waals surface area contributed by atoms with E-state index in [1.807, 2.05) is 0 Å². The molecular weight excluding hydrogens is 206 g/mol. The predicted molar refractivity (Wildman–Crippen MR) is 77.3 cm³/mol. The summed E-state index contributed by atoms with van der Waals surface area (Å²) >= 11 is 0. The van der Waals surface area contributed by atoms with Gasteiger partial charge in [-0.05, 0) is 37.6 Å². The Morgan fingerprint density at radius 2 is 1.82 bits per heavy atom. The normalized spacial score (nSPS) is 24.7. The van der Waals surface area contributed by atoms with Crippen LogP contribution in [0, 0.1) is 11.8 Å². The molecule has 1 N–H and O–H groups in total. The summed E-state index contributed by atoms with van der Waals surface area (Å²) in [5, 5.41) is 3.78. The molecule has 1 heteroatoms. The number of rotatable bonds is 9. The molecule has 2 atom stereocenters. The predicted octanol–water partition coefficient (Wildman–Crippen LogP) is 4.76. The summed E-state index contributed by atoms with van der Waals surface area (Å²) in [6, 6.07) is 0.843. The van der Waals surface area contributed by atoms with Gasteiger partial charge in [0.05, 0.1) is 0 Å². The third-order valence-corrected chi connectivity index (χ3v) is 4.30. The molecule has 1 aliphatic rings. The molecule has 0 aromatic rings. The molecule has 0 spiro atoms. The van der Waals surface area contributed by atoms with Crippen LogP contribution < -0.4 is 5.32 Å². The zero-order valence-corrected chi connectivity index (χ0v) is 12.3. The van der Waals surface area contributed by atoms with Crippen LogP contribution in [0.2, 0.25) is 0 Å². The van der Waals surface area contributed by atoms with Gasteiger partial charge in [-0.3, -0.25) is 0 Å². The maximum atomic E-state index is 3.78. The van der Waals surface area contributed by atoms with Crippen molar-refractivity contribution in [3.8, 4) is 0 Å². The first kappa shape index (κ1) is 15.0. The molecule has 2 unspecified atom stereocenters. The third-order valence-electron chi connectivity index (χ3n) is 4.30. The number of hydrogen-bond acceptors (Lipinski definition) is 1. The highest BCUT2D eigenvalue weighted by molar-refractivity contribution is 4.81. The van der Waals surface area contributed by atoms with Gasteiger partial charge >= 0.3 is 0 Å². The van der Waals surface area contributed by atoms with Gasteiger partial charge in [-0.25, -0.2) is 0 Å². The summed E-state index contributed by atoms with van der Waals surface area (Å²) in [6.07, 6.45) is 12.8. The molecule has 1 rings (SSSR count). The summed E-state index contributed by atoms with van der Waals surface area (Å²) in [4.78, 5) is 0. The fourth-order valence-corrected chi connectivity index (χ4v) is 3.11. The maximum absolute atomic E-state index is 3.78. The van der Waals surface area contributed by atoms with E-state index in [1.165, 1.54) is 64.3 Å². The molecule has 0 amide bonds. The molecular formula is C16H33N. The van der Waals surface area contributed by atoms with Crippen molar-refractivity contribution in [2.45, 2.75) is 84.6 Å². The Balaban J connectivity index is 1.90. The lowest BCUT2D eigenvalue weighted by molar-refractivity contribution is 0.385. The first-order valence-corrected chi connectivity index (χ1v) is 7.97. The highest BCUT2D eigenvalue weighted by Gasteiger charge is 2.24. The Hall–Kier alpha value is -0.0400. The fourth-order valence-electron chi connectivity index (χ4n) is 3.11. The quantitative estimate of drug-likeness (QED) is 0.572. The topological polar surface area (TPSA) is 12.0 Å². The van der Waals surface area contributed by atoms with E-state index in [9.17, 15) is 0 Å². The molecule has 0 aromatic heterocycles. The minimum atomic E-state index is 0.843. The second-order valence-corrected chi connectivity index (χ2v) is 6.26. The fraction of sp³-hybridized carbons (Fsp3) is 1.00. The molecule has 102 valence electrons. The SMILES string of the molecule is CCC1CCCC1NCCCCCCC(C)C. The lowest BCUT2D eigenvalue weighted by atomic mass is 10.0. The third kappa shape index (κ3) is 6.45.